The summed E-state index contributed by atoms with van der Waals surface area (Å²) in [6, 6.07) is 3.78. The number of carbonyl (C=O) groups is 2. The third kappa shape index (κ3) is 7.28. The van der Waals surface area contributed by atoms with E-state index in [0.717, 1.165) is 0 Å². The van der Waals surface area contributed by atoms with E-state index in [0.29, 0.717) is 36.8 Å². The molecule has 10 heteroatoms. The summed E-state index contributed by atoms with van der Waals surface area (Å²) in [6.45, 7) is 3.13. The van der Waals surface area contributed by atoms with E-state index in [-0.39, 0.29) is 11.1 Å². The van der Waals surface area contributed by atoms with Crippen molar-refractivity contribution in [3.8, 4) is 11.8 Å². The van der Waals surface area contributed by atoms with Gasteiger partial charge in [-0.1, -0.05) is 35.0 Å². The molecule has 0 saturated carbocycles. The van der Waals surface area contributed by atoms with Crippen molar-refractivity contribution in [2.45, 2.75) is 13.1 Å². The fourth-order valence-electron chi connectivity index (χ4n) is 2.52. The molecule has 1 aliphatic heterocycles. The minimum Gasteiger partial charge on any atom is -0.322 e. The summed E-state index contributed by atoms with van der Waals surface area (Å²) in [6.07, 6.45) is -4.88. The van der Waals surface area contributed by atoms with Gasteiger partial charge in [0.25, 0.3) is 5.91 Å². The third-order valence-corrected chi connectivity index (χ3v) is 4.76. The first-order valence-electron chi connectivity index (χ1n) is 8.64. The molecule has 2 rings (SSSR count). The van der Waals surface area contributed by atoms with E-state index in [2.05, 4.69) is 17.2 Å². The predicted octanol–water partition coefficient (Wildman–Crippen LogP) is 3.61. The third-order valence-electron chi connectivity index (χ3n) is 4.03. The van der Waals surface area contributed by atoms with E-state index in [1.165, 1.54) is 24.0 Å². The number of nitrogens with zero attached hydrogens (tertiary/aromatic N) is 1. The van der Waals surface area contributed by atoms with Crippen molar-refractivity contribution < 1.29 is 22.8 Å². The van der Waals surface area contributed by atoms with E-state index < -0.39 is 29.6 Å². The summed E-state index contributed by atoms with van der Waals surface area (Å²) >= 11 is 11.7. The summed E-state index contributed by atoms with van der Waals surface area (Å²) in [4.78, 5) is 25.9. The maximum Gasteiger partial charge on any atom is 0.410 e. The molecule has 1 atom stereocenters. The molecule has 1 fully saturated rings. The second kappa shape index (κ2) is 10.0. The summed E-state index contributed by atoms with van der Waals surface area (Å²) in [5, 5.41) is 5.61. The minimum absolute atomic E-state index is 0.137. The predicted molar refractivity (Wildman–Crippen MR) is 105 cm³/mol. The van der Waals surface area contributed by atoms with Crippen LogP contribution in [-0.4, -0.2) is 49.2 Å². The van der Waals surface area contributed by atoms with E-state index in [9.17, 15) is 22.8 Å². The lowest BCUT2D eigenvalue weighted by molar-refractivity contribution is -0.118. The van der Waals surface area contributed by atoms with Crippen molar-refractivity contribution in [3.63, 3.8) is 0 Å². The van der Waals surface area contributed by atoms with Gasteiger partial charge in [0.1, 0.15) is 0 Å². The van der Waals surface area contributed by atoms with Crippen LogP contribution in [0.5, 0.6) is 0 Å². The number of amides is 3. The summed E-state index contributed by atoms with van der Waals surface area (Å²) in [7, 11) is 0. The largest absolute Gasteiger partial charge is 0.410 e. The average Bonchev–Trinajstić information content (AvgIpc) is 2.66. The molecule has 0 aromatic heterocycles. The molecular formula is C19H18Cl2F3N3O2. The first kappa shape index (κ1) is 23.1. The normalized spacial score (nSPS) is 15.9. The molecule has 1 aromatic carbocycles. The van der Waals surface area contributed by atoms with Crippen LogP contribution in [0.3, 0.4) is 0 Å². The van der Waals surface area contributed by atoms with Gasteiger partial charge in [-0.05, 0) is 25.1 Å². The Labute approximate surface area is 176 Å². The van der Waals surface area contributed by atoms with Gasteiger partial charge in [-0.3, -0.25) is 10.1 Å². The molecule has 5 nitrogen and oxygen atoms in total. The molecule has 1 heterocycles. The van der Waals surface area contributed by atoms with Crippen LogP contribution in [0.15, 0.2) is 29.8 Å². The van der Waals surface area contributed by atoms with E-state index in [4.69, 9.17) is 23.2 Å². The SMILES string of the molecule is CC(C#Cc1ccc(Cl)c(Cl)c1)/C(=C\C(F)(F)F)C(=O)NC(=O)N1CCNCC1. The van der Waals surface area contributed by atoms with Gasteiger partial charge >= 0.3 is 12.2 Å². The Balaban J connectivity index is 2.20. The molecule has 0 spiro atoms. The maximum atomic E-state index is 12.9. The Morgan fingerprint density at radius 2 is 1.90 bits per heavy atom. The van der Waals surface area contributed by atoms with Crippen LogP contribution >= 0.6 is 23.2 Å². The van der Waals surface area contributed by atoms with Gasteiger partial charge < -0.3 is 10.2 Å². The van der Waals surface area contributed by atoms with Crippen LogP contribution in [0.25, 0.3) is 0 Å². The van der Waals surface area contributed by atoms with Crippen molar-refractivity contribution in [1.82, 2.24) is 15.5 Å². The number of imide groups is 1. The number of hydrogen-bond donors (Lipinski definition) is 2. The number of alkyl halides is 3. The Bertz CT molecular complexity index is 870. The number of allylic oxidation sites excluding steroid dienone is 1. The van der Waals surface area contributed by atoms with Gasteiger partial charge in [0.05, 0.1) is 10.0 Å². The number of carbonyl (C=O) groups excluding carboxylic acids is 2. The van der Waals surface area contributed by atoms with Gasteiger partial charge in [-0.15, -0.1) is 0 Å². The highest BCUT2D eigenvalue weighted by Crippen LogP contribution is 2.24. The summed E-state index contributed by atoms with van der Waals surface area (Å²) < 4.78 is 38.8. The number of nitrogens with one attached hydrogen (secondary N) is 2. The van der Waals surface area contributed by atoms with Gasteiger partial charge in [0, 0.05) is 49.3 Å². The second-order valence-corrected chi connectivity index (χ2v) is 7.07. The summed E-state index contributed by atoms with van der Waals surface area (Å²) in [5.74, 6) is 3.02. The molecule has 156 valence electrons. The molecule has 0 aliphatic carbocycles. The molecular weight excluding hydrogens is 430 g/mol. The average molecular weight is 448 g/mol. The van der Waals surface area contributed by atoms with Gasteiger partial charge in [0.2, 0.25) is 0 Å². The van der Waals surface area contributed by atoms with Gasteiger partial charge in [0.15, 0.2) is 0 Å². The van der Waals surface area contributed by atoms with Crippen LogP contribution in [0, 0.1) is 17.8 Å². The maximum absolute atomic E-state index is 12.9. The summed E-state index contributed by atoms with van der Waals surface area (Å²) in [5.41, 5.74) is -0.233. The monoisotopic (exact) mass is 447 g/mol. The minimum atomic E-state index is -4.75. The quantitative estimate of drug-likeness (QED) is 0.537. The van der Waals surface area contributed by atoms with Crippen molar-refractivity contribution in [2.24, 2.45) is 5.92 Å². The number of piperazine rings is 1. The van der Waals surface area contributed by atoms with Crippen molar-refractivity contribution >= 4 is 35.1 Å². The number of urea groups is 1. The number of rotatable bonds is 2. The number of halogens is 5. The zero-order valence-corrected chi connectivity index (χ0v) is 16.9. The van der Waals surface area contributed by atoms with Crippen LogP contribution in [0.4, 0.5) is 18.0 Å². The Morgan fingerprint density at radius 1 is 1.24 bits per heavy atom. The van der Waals surface area contributed by atoms with Crippen molar-refractivity contribution in [1.29, 1.82) is 0 Å². The van der Waals surface area contributed by atoms with Crippen molar-refractivity contribution in [3.05, 3.63) is 45.5 Å². The Kier molecular flexibility index (Phi) is 7.96. The molecule has 1 aliphatic rings. The molecule has 1 saturated heterocycles. The highest BCUT2D eigenvalue weighted by atomic mass is 35.5. The lowest BCUT2D eigenvalue weighted by atomic mass is 9.99. The lowest BCUT2D eigenvalue weighted by Crippen LogP contribution is -2.51. The first-order chi connectivity index (χ1) is 13.6. The Hall–Kier alpha value is -2.21. The zero-order chi connectivity index (χ0) is 21.6. The van der Waals surface area contributed by atoms with Crippen LogP contribution in [0.2, 0.25) is 10.0 Å². The van der Waals surface area contributed by atoms with Crippen LogP contribution in [-0.2, 0) is 4.79 Å². The van der Waals surface area contributed by atoms with Crippen molar-refractivity contribution in [2.75, 3.05) is 26.2 Å². The topological polar surface area (TPSA) is 61.4 Å². The molecule has 0 radical (unpaired) electrons. The van der Waals surface area contributed by atoms with Gasteiger partial charge in [-0.2, -0.15) is 13.2 Å². The Morgan fingerprint density at radius 3 is 2.48 bits per heavy atom. The van der Waals surface area contributed by atoms with Crippen LogP contribution in [0.1, 0.15) is 12.5 Å². The smallest absolute Gasteiger partial charge is 0.322 e. The fraction of sp³-hybridized carbons (Fsp3) is 0.368. The van der Waals surface area contributed by atoms with Gasteiger partial charge in [-0.25, -0.2) is 4.79 Å². The first-order valence-corrected chi connectivity index (χ1v) is 9.39. The van der Waals surface area contributed by atoms with E-state index >= 15 is 0 Å². The van der Waals surface area contributed by atoms with E-state index in [1.54, 1.807) is 6.07 Å². The zero-order valence-electron chi connectivity index (χ0n) is 15.4. The van der Waals surface area contributed by atoms with E-state index in [1.807, 2.05) is 5.32 Å². The molecule has 2 N–H and O–H groups in total. The molecule has 29 heavy (non-hydrogen) atoms. The standard InChI is InChI=1S/C19H18Cl2F3N3O2/c1-12(2-3-13-4-5-15(20)16(21)10-13)14(11-19(22,23)24)17(28)26-18(29)27-8-6-25-7-9-27/h4-5,10-12,25H,6-9H2,1H3,(H,26,28,29)/b14-11+. The lowest BCUT2D eigenvalue weighted by Gasteiger charge is -2.27. The number of benzene rings is 1. The molecule has 1 unspecified atom stereocenters. The molecule has 0 bridgehead atoms. The van der Waals surface area contributed by atoms with Crippen LogP contribution < -0.4 is 10.6 Å². The molecule has 3 amide bonds. The second-order valence-electron chi connectivity index (χ2n) is 6.26. The highest BCUT2D eigenvalue weighted by molar-refractivity contribution is 6.42. The highest BCUT2D eigenvalue weighted by Gasteiger charge is 2.30. The fourth-order valence-corrected chi connectivity index (χ4v) is 2.82. The number of hydrogen-bond acceptors (Lipinski definition) is 3. The molecule has 1 aromatic rings.